The highest BCUT2D eigenvalue weighted by molar-refractivity contribution is 5.85. The van der Waals surface area contributed by atoms with Gasteiger partial charge >= 0.3 is 0 Å². The molecule has 1 saturated heterocycles. The maximum absolute atomic E-state index is 12.2. The van der Waals surface area contributed by atoms with Crippen molar-refractivity contribution in [3.05, 3.63) is 30.1 Å². The average molecular weight is 297 g/mol. The number of carbonyl (C=O) groups excluding carboxylic acids is 1. The number of aromatic nitrogens is 2. The minimum absolute atomic E-state index is 0. The van der Waals surface area contributed by atoms with Crippen LogP contribution >= 0.6 is 12.4 Å². The Kier molecular flexibility index (Phi) is 5.20. The van der Waals surface area contributed by atoms with Gasteiger partial charge in [-0.2, -0.15) is 5.10 Å². The molecule has 0 bridgehead atoms. The van der Waals surface area contributed by atoms with Crippen LogP contribution < -0.4 is 5.32 Å². The Morgan fingerprint density at radius 1 is 1.40 bits per heavy atom. The highest BCUT2D eigenvalue weighted by Gasteiger charge is 2.21. The molecule has 1 unspecified atom stereocenters. The van der Waals surface area contributed by atoms with Crippen LogP contribution in [-0.2, 0) is 11.3 Å². The number of hydrogen-bond acceptors (Lipinski definition) is 3. The molecule has 0 spiro atoms. The predicted molar refractivity (Wildman–Crippen MR) is 80.0 cm³/mol. The maximum atomic E-state index is 12.2. The smallest absolute Gasteiger partial charge is 0.244 e. The second-order valence-electron chi connectivity index (χ2n) is 5.23. The summed E-state index contributed by atoms with van der Waals surface area (Å²) in [5.74, 6) is 0.638. The molecule has 1 N–H and O–H groups in total. The molecule has 1 atom stereocenters. The van der Waals surface area contributed by atoms with E-state index in [1.54, 1.807) is 6.20 Å². The average Bonchev–Trinajstić information content (AvgIpc) is 3.11. The van der Waals surface area contributed by atoms with Gasteiger partial charge in [0.05, 0.1) is 0 Å². The maximum Gasteiger partial charge on any atom is 0.244 e. The zero-order valence-corrected chi connectivity index (χ0v) is 12.3. The molecular formula is C14H21ClN4O. The lowest BCUT2D eigenvalue weighted by Gasteiger charge is -2.24. The van der Waals surface area contributed by atoms with Gasteiger partial charge in [-0.25, -0.2) is 0 Å². The minimum Gasteiger partial charge on any atom is -0.334 e. The largest absolute Gasteiger partial charge is 0.334 e. The molecule has 110 valence electrons. The van der Waals surface area contributed by atoms with Crippen LogP contribution in [-0.4, -0.2) is 46.8 Å². The minimum atomic E-state index is 0. The van der Waals surface area contributed by atoms with Crippen molar-refractivity contribution in [2.45, 2.75) is 25.3 Å². The molecule has 1 amide bonds. The number of hydrogen-bond donors (Lipinski definition) is 1. The number of rotatable bonds is 3. The molecule has 2 aliphatic rings. The quantitative estimate of drug-likeness (QED) is 0.852. The van der Waals surface area contributed by atoms with E-state index in [0.29, 0.717) is 12.5 Å². The molecular weight excluding hydrogens is 276 g/mol. The van der Waals surface area contributed by atoms with Gasteiger partial charge < -0.3 is 10.2 Å². The van der Waals surface area contributed by atoms with Crippen LogP contribution in [0.5, 0.6) is 0 Å². The lowest BCUT2D eigenvalue weighted by Crippen LogP contribution is -2.34. The Morgan fingerprint density at radius 3 is 2.90 bits per heavy atom. The number of nitrogens with one attached hydrogen (secondary N) is 1. The van der Waals surface area contributed by atoms with Gasteiger partial charge in [0.15, 0.2) is 0 Å². The summed E-state index contributed by atoms with van der Waals surface area (Å²) in [5, 5.41) is 7.74. The van der Waals surface area contributed by atoms with Crippen molar-refractivity contribution >= 4 is 18.3 Å². The van der Waals surface area contributed by atoms with Crippen molar-refractivity contribution < 1.29 is 4.79 Å². The lowest BCUT2D eigenvalue weighted by molar-refractivity contribution is -0.130. The summed E-state index contributed by atoms with van der Waals surface area (Å²) in [6.45, 7) is 3.93. The van der Waals surface area contributed by atoms with Crippen molar-refractivity contribution in [2.24, 2.45) is 0 Å². The fourth-order valence-corrected chi connectivity index (χ4v) is 2.84. The Labute approximate surface area is 125 Å². The van der Waals surface area contributed by atoms with Gasteiger partial charge in [0.25, 0.3) is 0 Å². The summed E-state index contributed by atoms with van der Waals surface area (Å²) in [4.78, 5) is 14.0. The van der Waals surface area contributed by atoms with Gasteiger partial charge in [-0.15, -0.1) is 12.4 Å². The SMILES string of the molecule is Cl.O=C(Cn1nccc1C1CCCNC1)N1CC=CC1. The Balaban J connectivity index is 0.00000147. The molecule has 1 fully saturated rings. The van der Waals surface area contributed by atoms with E-state index in [1.807, 2.05) is 27.8 Å². The second kappa shape index (κ2) is 6.90. The summed E-state index contributed by atoms with van der Waals surface area (Å²) < 4.78 is 1.87. The molecule has 1 aromatic heterocycles. The highest BCUT2D eigenvalue weighted by Crippen LogP contribution is 2.22. The summed E-state index contributed by atoms with van der Waals surface area (Å²) in [6, 6.07) is 2.05. The molecule has 2 aliphatic heterocycles. The van der Waals surface area contributed by atoms with Crippen molar-refractivity contribution in [1.29, 1.82) is 0 Å². The van der Waals surface area contributed by atoms with E-state index in [1.165, 1.54) is 18.5 Å². The molecule has 3 rings (SSSR count). The lowest BCUT2D eigenvalue weighted by atomic mass is 9.96. The third kappa shape index (κ3) is 3.22. The van der Waals surface area contributed by atoms with E-state index in [0.717, 1.165) is 26.2 Å². The first kappa shape index (κ1) is 15.1. The predicted octanol–water partition coefficient (Wildman–Crippen LogP) is 1.17. The summed E-state index contributed by atoms with van der Waals surface area (Å²) in [5.41, 5.74) is 1.19. The number of nitrogens with zero attached hydrogens (tertiary/aromatic N) is 3. The molecule has 6 heteroatoms. The molecule has 0 aromatic carbocycles. The van der Waals surface area contributed by atoms with Gasteiger partial charge in [-0.1, -0.05) is 12.2 Å². The normalized spacial score (nSPS) is 21.8. The van der Waals surface area contributed by atoms with E-state index in [-0.39, 0.29) is 18.3 Å². The molecule has 0 saturated carbocycles. The summed E-state index contributed by atoms with van der Waals surface area (Å²) in [6.07, 6.45) is 8.25. The third-order valence-electron chi connectivity index (χ3n) is 3.92. The molecule has 5 nitrogen and oxygen atoms in total. The van der Waals surface area contributed by atoms with Crippen molar-refractivity contribution in [2.75, 3.05) is 26.2 Å². The molecule has 0 aliphatic carbocycles. The van der Waals surface area contributed by atoms with Crippen LogP contribution in [0, 0.1) is 0 Å². The van der Waals surface area contributed by atoms with Crippen molar-refractivity contribution in [3.8, 4) is 0 Å². The first-order chi connectivity index (χ1) is 9.34. The number of carbonyl (C=O) groups is 1. The van der Waals surface area contributed by atoms with Crippen LogP contribution in [0.1, 0.15) is 24.5 Å². The van der Waals surface area contributed by atoms with Gasteiger partial charge in [0.1, 0.15) is 6.54 Å². The van der Waals surface area contributed by atoms with Crippen LogP contribution in [0.25, 0.3) is 0 Å². The first-order valence-corrected chi connectivity index (χ1v) is 7.00. The van der Waals surface area contributed by atoms with E-state index < -0.39 is 0 Å². The first-order valence-electron chi connectivity index (χ1n) is 7.00. The van der Waals surface area contributed by atoms with Crippen LogP contribution in [0.4, 0.5) is 0 Å². The fourth-order valence-electron chi connectivity index (χ4n) is 2.84. The van der Waals surface area contributed by atoms with Crippen LogP contribution in [0.3, 0.4) is 0 Å². The Bertz CT molecular complexity index is 471. The molecule has 0 radical (unpaired) electrons. The van der Waals surface area contributed by atoms with Crippen LogP contribution in [0.15, 0.2) is 24.4 Å². The monoisotopic (exact) mass is 296 g/mol. The van der Waals surface area contributed by atoms with E-state index in [2.05, 4.69) is 10.4 Å². The van der Waals surface area contributed by atoms with E-state index >= 15 is 0 Å². The van der Waals surface area contributed by atoms with Crippen LogP contribution in [0.2, 0.25) is 0 Å². The van der Waals surface area contributed by atoms with Gasteiger partial charge in [-0.05, 0) is 25.5 Å². The van der Waals surface area contributed by atoms with Crippen molar-refractivity contribution in [1.82, 2.24) is 20.0 Å². The molecule has 1 aromatic rings. The van der Waals surface area contributed by atoms with Gasteiger partial charge in [0, 0.05) is 37.4 Å². The Hall–Kier alpha value is -1.33. The summed E-state index contributed by atoms with van der Waals surface area (Å²) in [7, 11) is 0. The zero-order chi connectivity index (χ0) is 13.1. The molecule has 20 heavy (non-hydrogen) atoms. The molecule has 3 heterocycles. The number of amides is 1. The fraction of sp³-hybridized carbons (Fsp3) is 0.571. The van der Waals surface area contributed by atoms with Gasteiger partial charge in [-0.3, -0.25) is 9.48 Å². The van der Waals surface area contributed by atoms with E-state index in [9.17, 15) is 4.79 Å². The van der Waals surface area contributed by atoms with Crippen molar-refractivity contribution in [3.63, 3.8) is 0 Å². The Morgan fingerprint density at radius 2 is 2.20 bits per heavy atom. The highest BCUT2D eigenvalue weighted by atomic mass is 35.5. The number of piperidine rings is 1. The summed E-state index contributed by atoms with van der Waals surface area (Å²) >= 11 is 0. The van der Waals surface area contributed by atoms with Gasteiger partial charge in [0.2, 0.25) is 5.91 Å². The van der Waals surface area contributed by atoms with E-state index in [4.69, 9.17) is 0 Å². The zero-order valence-electron chi connectivity index (χ0n) is 11.5. The standard InChI is InChI=1S/C14H20N4O.ClH/c19-14(17-8-1-2-9-17)11-18-13(5-7-16-18)12-4-3-6-15-10-12;/h1-2,5,7,12,15H,3-4,6,8-11H2;1H. The second-order valence-corrected chi connectivity index (χ2v) is 5.23. The third-order valence-corrected chi connectivity index (χ3v) is 3.92. The number of halogens is 1. The topological polar surface area (TPSA) is 50.2 Å².